The van der Waals surface area contributed by atoms with E-state index in [1.807, 2.05) is 0 Å². The van der Waals surface area contributed by atoms with Gasteiger partial charge in [0.1, 0.15) is 5.75 Å². The summed E-state index contributed by atoms with van der Waals surface area (Å²) in [5.41, 5.74) is 4.78. The molecule has 0 heterocycles. The largest absolute Gasteiger partial charge is 0.495 e. The van der Waals surface area contributed by atoms with Crippen LogP contribution in [0, 0.1) is 11.6 Å². The fourth-order valence-electron chi connectivity index (χ4n) is 1.35. The van der Waals surface area contributed by atoms with E-state index < -0.39 is 17.2 Å². The minimum atomic E-state index is -1.01. The molecule has 0 aliphatic heterocycles. The van der Waals surface area contributed by atoms with E-state index in [0.29, 0.717) is 4.47 Å². The summed E-state index contributed by atoms with van der Waals surface area (Å²) in [4.78, 5) is 0. The van der Waals surface area contributed by atoms with Gasteiger partial charge in [0.25, 0.3) is 0 Å². The van der Waals surface area contributed by atoms with Crippen molar-refractivity contribution >= 4 is 15.9 Å². The van der Waals surface area contributed by atoms with Gasteiger partial charge in [-0.3, -0.25) is 0 Å². The molecule has 0 bridgehead atoms. The second-order valence-corrected chi connectivity index (χ2v) is 4.64. The van der Waals surface area contributed by atoms with Gasteiger partial charge in [0.05, 0.1) is 17.1 Å². The summed E-state index contributed by atoms with van der Waals surface area (Å²) in [5, 5.41) is 0. The Morgan fingerprint density at radius 1 is 1.40 bits per heavy atom. The summed E-state index contributed by atoms with van der Waals surface area (Å²) in [6.45, 7) is 3.17. The smallest absolute Gasteiger partial charge is 0.167 e. The highest BCUT2D eigenvalue weighted by atomic mass is 79.9. The lowest BCUT2D eigenvalue weighted by Gasteiger charge is -2.23. The molecule has 2 N–H and O–H groups in total. The van der Waals surface area contributed by atoms with Crippen LogP contribution in [0.4, 0.5) is 8.78 Å². The molecule has 84 valence electrons. The molecular formula is C10H12BrF2NO. The molecule has 5 heteroatoms. The van der Waals surface area contributed by atoms with E-state index in [0.717, 1.165) is 6.07 Å². The fourth-order valence-corrected chi connectivity index (χ4v) is 1.91. The van der Waals surface area contributed by atoms with Crippen molar-refractivity contribution in [2.75, 3.05) is 7.11 Å². The molecule has 0 atom stereocenters. The van der Waals surface area contributed by atoms with Crippen molar-refractivity contribution in [1.29, 1.82) is 0 Å². The van der Waals surface area contributed by atoms with Gasteiger partial charge in [-0.05, 0) is 35.8 Å². The number of benzene rings is 1. The van der Waals surface area contributed by atoms with Gasteiger partial charge in [0.2, 0.25) is 0 Å². The zero-order valence-corrected chi connectivity index (χ0v) is 10.3. The van der Waals surface area contributed by atoms with Crippen LogP contribution in [0.15, 0.2) is 10.5 Å². The van der Waals surface area contributed by atoms with E-state index in [-0.39, 0.29) is 11.3 Å². The Morgan fingerprint density at radius 3 is 2.33 bits per heavy atom. The van der Waals surface area contributed by atoms with Crippen molar-refractivity contribution in [3.05, 3.63) is 27.7 Å². The Balaban J connectivity index is 3.59. The molecular weight excluding hydrogens is 268 g/mol. The van der Waals surface area contributed by atoms with Crippen molar-refractivity contribution in [3.8, 4) is 5.75 Å². The number of methoxy groups -OCH3 is 1. The van der Waals surface area contributed by atoms with Crippen LogP contribution < -0.4 is 10.5 Å². The minimum Gasteiger partial charge on any atom is -0.495 e. The molecule has 0 unspecified atom stereocenters. The van der Waals surface area contributed by atoms with Crippen LogP contribution in [0.1, 0.15) is 19.4 Å². The first-order chi connectivity index (χ1) is 6.79. The second-order valence-electron chi connectivity index (χ2n) is 3.78. The second kappa shape index (κ2) is 4.06. The predicted octanol–water partition coefficient (Wildman–Crippen LogP) is 2.93. The number of rotatable bonds is 2. The molecule has 0 fully saturated rings. The van der Waals surface area contributed by atoms with E-state index in [2.05, 4.69) is 15.9 Å². The maximum absolute atomic E-state index is 13.6. The van der Waals surface area contributed by atoms with Crippen LogP contribution in [-0.4, -0.2) is 7.11 Å². The van der Waals surface area contributed by atoms with E-state index in [4.69, 9.17) is 10.5 Å². The molecule has 2 nitrogen and oxygen atoms in total. The highest BCUT2D eigenvalue weighted by Gasteiger charge is 2.28. The molecule has 0 saturated heterocycles. The first-order valence-electron chi connectivity index (χ1n) is 4.30. The van der Waals surface area contributed by atoms with Crippen LogP contribution in [0.25, 0.3) is 0 Å². The average Bonchev–Trinajstić information content (AvgIpc) is 2.08. The van der Waals surface area contributed by atoms with Gasteiger partial charge in [-0.2, -0.15) is 0 Å². The van der Waals surface area contributed by atoms with Gasteiger partial charge < -0.3 is 10.5 Å². The van der Waals surface area contributed by atoms with Gasteiger partial charge in [0, 0.05) is 5.54 Å². The highest BCUT2D eigenvalue weighted by Crippen LogP contribution is 2.37. The third kappa shape index (κ3) is 2.29. The third-order valence-electron chi connectivity index (χ3n) is 1.98. The van der Waals surface area contributed by atoms with Gasteiger partial charge in [-0.1, -0.05) is 0 Å². The Morgan fingerprint density at radius 2 is 1.93 bits per heavy atom. The molecule has 15 heavy (non-hydrogen) atoms. The SMILES string of the molecule is COc1c(Br)cc(F)c(F)c1C(C)(C)N. The molecule has 1 rings (SSSR count). The number of ether oxygens (including phenoxy) is 1. The highest BCUT2D eigenvalue weighted by molar-refractivity contribution is 9.10. The van der Waals surface area contributed by atoms with Crippen LogP contribution in [0.3, 0.4) is 0 Å². The first kappa shape index (κ1) is 12.4. The summed E-state index contributed by atoms with van der Waals surface area (Å²) in [5.74, 6) is -1.69. The lowest BCUT2D eigenvalue weighted by atomic mass is 9.94. The maximum Gasteiger partial charge on any atom is 0.167 e. The summed E-state index contributed by atoms with van der Waals surface area (Å²) < 4.78 is 32.1. The Hall–Kier alpha value is -0.680. The normalized spacial score (nSPS) is 11.7. The van der Waals surface area contributed by atoms with Crippen molar-refractivity contribution in [2.24, 2.45) is 5.73 Å². The molecule has 1 aromatic rings. The summed E-state index contributed by atoms with van der Waals surface area (Å²) in [6, 6.07) is 1.02. The molecule has 0 aromatic heterocycles. The third-order valence-corrected chi connectivity index (χ3v) is 2.56. The van der Waals surface area contributed by atoms with Crippen LogP contribution in [-0.2, 0) is 5.54 Å². The van der Waals surface area contributed by atoms with Crippen LogP contribution in [0.5, 0.6) is 5.75 Å². The van der Waals surface area contributed by atoms with Crippen LogP contribution >= 0.6 is 15.9 Å². The topological polar surface area (TPSA) is 35.2 Å². The minimum absolute atomic E-state index is 0.0249. The molecule has 0 spiro atoms. The van der Waals surface area contributed by atoms with Gasteiger partial charge in [-0.15, -0.1) is 0 Å². The zero-order chi connectivity index (χ0) is 11.8. The summed E-state index contributed by atoms with van der Waals surface area (Å²) in [6.07, 6.45) is 0. The number of halogens is 3. The molecule has 1 aromatic carbocycles. The summed E-state index contributed by atoms with van der Waals surface area (Å²) in [7, 11) is 1.38. The maximum atomic E-state index is 13.6. The zero-order valence-electron chi connectivity index (χ0n) is 8.70. The fraction of sp³-hybridized carbons (Fsp3) is 0.400. The lowest BCUT2D eigenvalue weighted by molar-refractivity contribution is 0.372. The van der Waals surface area contributed by atoms with Crippen molar-refractivity contribution in [2.45, 2.75) is 19.4 Å². The molecule has 0 aliphatic rings. The Labute approximate surface area is 95.5 Å². The Bertz CT molecular complexity index is 388. The average molecular weight is 280 g/mol. The van der Waals surface area contributed by atoms with E-state index in [1.165, 1.54) is 7.11 Å². The summed E-state index contributed by atoms with van der Waals surface area (Å²) >= 11 is 3.10. The van der Waals surface area contributed by atoms with Crippen molar-refractivity contribution < 1.29 is 13.5 Å². The predicted molar refractivity (Wildman–Crippen MR) is 57.8 cm³/mol. The lowest BCUT2D eigenvalue weighted by Crippen LogP contribution is -2.31. The van der Waals surface area contributed by atoms with E-state index in [1.54, 1.807) is 13.8 Å². The Kier molecular flexibility index (Phi) is 3.35. The van der Waals surface area contributed by atoms with E-state index in [9.17, 15) is 8.78 Å². The molecule has 0 amide bonds. The first-order valence-corrected chi connectivity index (χ1v) is 5.09. The van der Waals surface area contributed by atoms with Gasteiger partial charge in [-0.25, -0.2) is 8.78 Å². The molecule has 0 saturated carbocycles. The standard InChI is InChI=1S/C10H12BrF2NO/c1-10(2,14)7-8(13)6(12)4-5(11)9(7)15-3/h4H,14H2,1-3H3. The quantitative estimate of drug-likeness (QED) is 0.845. The van der Waals surface area contributed by atoms with Gasteiger partial charge in [0.15, 0.2) is 11.6 Å². The van der Waals surface area contributed by atoms with Crippen LogP contribution in [0.2, 0.25) is 0 Å². The monoisotopic (exact) mass is 279 g/mol. The van der Waals surface area contributed by atoms with E-state index >= 15 is 0 Å². The van der Waals surface area contributed by atoms with Crippen molar-refractivity contribution in [1.82, 2.24) is 0 Å². The number of hydrogen-bond donors (Lipinski definition) is 1. The molecule has 0 radical (unpaired) electrons. The van der Waals surface area contributed by atoms with Gasteiger partial charge >= 0.3 is 0 Å². The molecule has 0 aliphatic carbocycles. The number of hydrogen-bond acceptors (Lipinski definition) is 2. The number of nitrogens with two attached hydrogens (primary N) is 1. The van der Waals surface area contributed by atoms with Crippen molar-refractivity contribution in [3.63, 3.8) is 0 Å².